The average Bonchev–Trinajstić information content (AvgIpc) is 1.67. The third-order valence-corrected chi connectivity index (χ3v) is 4.98. The van der Waals surface area contributed by atoms with Crippen LogP contribution in [0.2, 0.25) is 5.54 Å². The second-order valence-electron chi connectivity index (χ2n) is 2.44. The molecule has 0 rings (SSSR count). The third kappa shape index (κ3) is 3.67. The number of hydrogen-bond acceptors (Lipinski definition) is 0. The van der Waals surface area contributed by atoms with Crippen molar-refractivity contribution >= 4 is 26.2 Å². The second-order valence-corrected chi connectivity index (χ2v) is 5.37. The summed E-state index contributed by atoms with van der Waals surface area (Å²) in [6.45, 7) is 4.49. The SMILES string of the molecule is CCCC([SiH3])C(C)Br. The highest BCUT2D eigenvalue weighted by Crippen LogP contribution is 2.19. The predicted molar refractivity (Wildman–Crippen MR) is 47.0 cm³/mol. The van der Waals surface area contributed by atoms with Crippen molar-refractivity contribution in [3.63, 3.8) is 0 Å². The monoisotopic (exact) mass is 194 g/mol. The van der Waals surface area contributed by atoms with Gasteiger partial charge in [-0.05, 0) is 5.54 Å². The zero-order chi connectivity index (χ0) is 6.57. The molecule has 0 fully saturated rings. The lowest BCUT2D eigenvalue weighted by molar-refractivity contribution is 0.717. The molecule has 0 aliphatic rings. The van der Waals surface area contributed by atoms with Gasteiger partial charge in [0.05, 0.1) is 0 Å². The first-order valence-corrected chi connectivity index (χ1v) is 5.39. The fourth-order valence-electron chi connectivity index (χ4n) is 0.685. The molecule has 2 heteroatoms. The summed E-state index contributed by atoms with van der Waals surface area (Å²) in [6, 6.07) is 0. The van der Waals surface area contributed by atoms with Crippen LogP contribution in [0.4, 0.5) is 0 Å². The van der Waals surface area contributed by atoms with E-state index in [9.17, 15) is 0 Å². The fourth-order valence-corrected chi connectivity index (χ4v) is 1.53. The molecule has 0 aliphatic heterocycles. The quantitative estimate of drug-likeness (QED) is 0.475. The molecule has 8 heavy (non-hydrogen) atoms. The average molecular weight is 195 g/mol. The van der Waals surface area contributed by atoms with Gasteiger partial charge < -0.3 is 0 Å². The van der Waals surface area contributed by atoms with Crippen LogP contribution >= 0.6 is 15.9 Å². The molecule has 0 saturated carbocycles. The molecule has 2 atom stereocenters. The van der Waals surface area contributed by atoms with Crippen LogP contribution in [-0.4, -0.2) is 15.1 Å². The normalized spacial score (nSPS) is 18.4. The molecule has 0 aromatic carbocycles. The van der Waals surface area contributed by atoms with E-state index < -0.39 is 0 Å². The highest BCUT2D eigenvalue weighted by molar-refractivity contribution is 9.09. The number of alkyl halides is 1. The first-order chi connectivity index (χ1) is 3.68. The van der Waals surface area contributed by atoms with E-state index in [1.807, 2.05) is 0 Å². The van der Waals surface area contributed by atoms with Gasteiger partial charge in [0.25, 0.3) is 0 Å². The van der Waals surface area contributed by atoms with E-state index >= 15 is 0 Å². The minimum atomic E-state index is 0.745. The van der Waals surface area contributed by atoms with Crippen LogP contribution in [-0.2, 0) is 0 Å². The molecule has 0 N–H and O–H groups in total. The Labute approximate surface area is 63.6 Å². The van der Waals surface area contributed by atoms with Crippen LogP contribution in [0, 0.1) is 0 Å². The summed E-state index contributed by atoms with van der Waals surface area (Å²) < 4.78 is 0. The van der Waals surface area contributed by atoms with E-state index in [2.05, 4.69) is 29.8 Å². The largest absolute Gasteiger partial charge is 0.0894 e. The lowest BCUT2D eigenvalue weighted by atomic mass is 10.2. The topological polar surface area (TPSA) is 0 Å². The van der Waals surface area contributed by atoms with Gasteiger partial charge in [-0.15, -0.1) is 0 Å². The fraction of sp³-hybridized carbons (Fsp3) is 1.00. The smallest absolute Gasteiger partial charge is 0.0113 e. The number of rotatable bonds is 3. The molecule has 0 nitrogen and oxygen atoms in total. The van der Waals surface area contributed by atoms with Crippen LogP contribution in [0.5, 0.6) is 0 Å². The van der Waals surface area contributed by atoms with Crippen molar-refractivity contribution < 1.29 is 0 Å². The second kappa shape index (κ2) is 4.56. The molecule has 50 valence electrons. The minimum absolute atomic E-state index is 0.745. The molecular weight excluding hydrogens is 180 g/mol. The maximum atomic E-state index is 3.58. The van der Waals surface area contributed by atoms with Crippen molar-refractivity contribution in [1.82, 2.24) is 0 Å². The van der Waals surface area contributed by atoms with Gasteiger partial charge in [-0.2, -0.15) is 0 Å². The molecule has 0 bridgehead atoms. The molecule has 0 heterocycles. The van der Waals surface area contributed by atoms with Crippen molar-refractivity contribution in [2.75, 3.05) is 0 Å². The van der Waals surface area contributed by atoms with Crippen molar-refractivity contribution in [3.05, 3.63) is 0 Å². The van der Waals surface area contributed by atoms with E-state index in [1.54, 1.807) is 0 Å². The van der Waals surface area contributed by atoms with E-state index in [-0.39, 0.29) is 0 Å². The summed E-state index contributed by atoms with van der Waals surface area (Å²) in [5.41, 5.74) is 0.972. The first kappa shape index (κ1) is 8.70. The molecular formula is C6H15BrSi. The van der Waals surface area contributed by atoms with Gasteiger partial charge in [-0.25, -0.2) is 0 Å². The van der Waals surface area contributed by atoms with Gasteiger partial charge in [0.2, 0.25) is 0 Å². The predicted octanol–water partition coefficient (Wildman–Crippen LogP) is 1.72. The summed E-state index contributed by atoms with van der Waals surface area (Å²) in [7, 11) is 1.34. The minimum Gasteiger partial charge on any atom is -0.0894 e. The summed E-state index contributed by atoms with van der Waals surface area (Å²) in [4.78, 5) is 0.745. The summed E-state index contributed by atoms with van der Waals surface area (Å²) in [5, 5.41) is 0. The summed E-state index contributed by atoms with van der Waals surface area (Å²) in [5.74, 6) is 0. The van der Waals surface area contributed by atoms with E-state index in [0.29, 0.717) is 0 Å². The van der Waals surface area contributed by atoms with E-state index in [4.69, 9.17) is 0 Å². The molecule has 0 aromatic heterocycles. The Hall–Kier alpha value is 0.697. The zero-order valence-electron chi connectivity index (χ0n) is 5.95. The van der Waals surface area contributed by atoms with Crippen LogP contribution in [0.25, 0.3) is 0 Å². The van der Waals surface area contributed by atoms with Gasteiger partial charge in [-0.1, -0.05) is 42.6 Å². The maximum absolute atomic E-state index is 3.58. The molecule has 0 spiro atoms. The van der Waals surface area contributed by atoms with Gasteiger partial charge in [0.15, 0.2) is 0 Å². The summed E-state index contributed by atoms with van der Waals surface area (Å²) in [6.07, 6.45) is 2.74. The Morgan fingerprint density at radius 2 is 2.12 bits per heavy atom. The Kier molecular flexibility index (Phi) is 4.96. The molecule has 0 aliphatic carbocycles. The molecule has 2 unspecified atom stereocenters. The Morgan fingerprint density at radius 1 is 1.62 bits per heavy atom. The molecule has 0 aromatic rings. The van der Waals surface area contributed by atoms with Crippen molar-refractivity contribution in [1.29, 1.82) is 0 Å². The molecule has 0 amide bonds. The van der Waals surface area contributed by atoms with Gasteiger partial charge in [-0.3, -0.25) is 0 Å². The standard InChI is InChI=1S/C6H15BrSi/c1-3-4-6(8)5(2)7/h5-6H,3-4H2,1-2,8H3. The van der Waals surface area contributed by atoms with Crippen LogP contribution < -0.4 is 0 Å². The Bertz CT molecular complexity index is 54.5. The highest BCUT2D eigenvalue weighted by Gasteiger charge is 2.05. The van der Waals surface area contributed by atoms with Crippen LogP contribution in [0.1, 0.15) is 26.7 Å². The summed E-state index contributed by atoms with van der Waals surface area (Å²) >= 11 is 3.58. The van der Waals surface area contributed by atoms with E-state index in [1.165, 1.54) is 23.1 Å². The molecule has 0 saturated heterocycles. The van der Waals surface area contributed by atoms with Crippen LogP contribution in [0.15, 0.2) is 0 Å². The Balaban J connectivity index is 3.17. The third-order valence-electron chi connectivity index (χ3n) is 1.53. The van der Waals surface area contributed by atoms with Gasteiger partial charge in [0, 0.05) is 15.1 Å². The van der Waals surface area contributed by atoms with Crippen molar-refractivity contribution in [2.45, 2.75) is 37.1 Å². The van der Waals surface area contributed by atoms with Crippen molar-refractivity contribution in [2.24, 2.45) is 0 Å². The highest BCUT2D eigenvalue weighted by atomic mass is 79.9. The van der Waals surface area contributed by atoms with Gasteiger partial charge >= 0.3 is 0 Å². The number of hydrogen-bond donors (Lipinski definition) is 0. The lowest BCUT2D eigenvalue weighted by Crippen LogP contribution is -2.02. The maximum Gasteiger partial charge on any atom is 0.0113 e. The number of halogens is 1. The van der Waals surface area contributed by atoms with Crippen molar-refractivity contribution in [3.8, 4) is 0 Å². The van der Waals surface area contributed by atoms with Gasteiger partial charge in [0.1, 0.15) is 0 Å². The van der Waals surface area contributed by atoms with E-state index in [0.717, 1.165) is 10.4 Å². The van der Waals surface area contributed by atoms with Crippen LogP contribution in [0.3, 0.4) is 0 Å². The lowest BCUT2D eigenvalue weighted by Gasteiger charge is -2.10. The first-order valence-electron chi connectivity index (χ1n) is 3.32. The Morgan fingerprint density at radius 3 is 2.25 bits per heavy atom. The zero-order valence-corrected chi connectivity index (χ0v) is 9.53. The molecule has 0 radical (unpaired) electrons.